The first-order chi connectivity index (χ1) is 17.7. The van der Waals surface area contributed by atoms with Crippen LogP contribution in [0.5, 0.6) is 11.5 Å². The predicted octanol–water partition coefficient (Wildman–Crippen LogP) is 5.32. The van der Waals surface area contributed by atoms with Gasteiger partial charge in [0, 0.05) is 25.5 Å². The van der Waals surface area contributed by atoms with E-state index >= 15 is 0 Å². The number of ether oxygens (including phenoxy) is 2. The molecular weight excluding hydrogens is 513 g/mol. The Morgan fingerprint density at radius 3 is 2.43 bits per heavy atom. The number of hydrogen-bond donors (Lipinski definition) is 1. The first-order valence-corrected chi connectivity index (χ1v) is 12.4. The number of nitrogens with zero attached hydrogens (tertiary/aromatic N) is 2. The van der Waals surface area contributed by atoms with Gasteiger partial charge in [0.2, 0.25) is 0 Å². The number of carbonyl (C=O) groups is 2. The number of amides is 2. The van der Waals surface area contributed by atoms with Crippen LogP contribution in [-0.2, 0) is 9.59 Å². The van der Waals surface area contributed by atoms with Gasteiger partial charge in [0.1, 0.15) is 5.82 Å². The van der Waals surface area contributed by atoms with Crippen LogP contribution < -0.4 is 24.6 Å². The predicted molar refractivity (Wildman–Crippen MR) is 150 cm³/mol. The Hall–Kier alpha value is -3.89. The van der Waals surface area contributed by atoms with Crippen molar-refractivity contribution in [3.63, 3.8) is 0 Å². The molecule has 3 aromatic carbocycles. The maximum atomic E-state index is 13.1. The number of benzene rings is 3. The molecule has 1 heterocycles. The fourth-order valence-corrected chi connectivity index (χ4v) is 4.81. The highest BCUT2D eigenvalue weighted by atomic mass is 32.2. The number of carbonyl (C=O) groups excluding carboxylic acids is 2. The number of halogens is 1. The minimum absolute atomic E-state index is 0.204. The lowest BCUT2D eigenvalue weighted by Gasteiger charge is -2.17. The van der Waals surface area contributed by atoms with Gasteiger partial charge < -0.3 is 19.7 Å². The molecule has 4 rings (SSSR count). The van der Waals surface area contributed by atoms with Crippen molar-refractivity contribution in [3.8, 4) is 11.5 Å². The SMILES string of the molecule is COc1cc(/C=C2\SC(=S)N(c3ccc(N(C)C)cc3)C2=O)ccc1OCC(=O)Nc1ccc(F)cc1. The number of rotatable bonds is 8. The second kappa shape index (κ2) is 11.4. The van der Waals surface area contributed by atoms with E-state index in [1.54, 1.807) is 24.3 Å². The van der Waals surface area contributed by atoms with Crippen LogP contribution in [-0.4, -0.2) is 43.9 Å². The van der Waals surface area contributed by atoms with E-state index in [0.29, 0.717) is 37.7 Å². The van der Waals surface area contributed by atoms with Crippen molar-refractivity contribution in [2.24, 2.45) is 0 Å². The van der Waals surface area contributed by atoms with Crippen molar-refractivity contribution in [1.29, 1.82) is 0 Å². The Kier molecular flexibility index (Phi) is 8.10. The Morgan fingerprint density at radius 1 is 1.08 bits per heavy atom. The molecule has 1 fully saturated rings. The maximum Gasteiger partial charge on any atom is 0.270 e. The molecule has 0 spiro atoms. The summed E-state index contributed by atoms with van der Waals surface area (Å²) in [4.78, 5) is 29.3. The molecule has 0 saturated carbocycles. The van der Waals surface area contributed by atoms with Gasteiger partial charge in [0.25, 0.3) is 11.8 Å². The number of nitrogens with one attached hydrogen (secondary N) is 1. The zero-order valence-corrected chi connectivity index (χ0v) is 22.0. The highest BCUT2D eigenvalue weighted by Crippen LogP contribution is 2.37. The average Bonchev–Trinajstić information content (AvgIpc) is 3.16. The minimum atomic E-state index is -0.403. The van der Waals surface area contributed by atoms with Crippen LogP contribution in [0.25, 0.3) is 6.08 Å². The first kappa shape index (κ1) is 26.2. The van der Waals surface area contributed by atoms with Crippen molar-refractivity contribution < 1.29 is 23.5 Å². The van der Waals surface area contributed by atoms with E-state index < -0.39 is 5.91 Å². The lowest BCUT2D eigenvalue weighted by atomic mass is 10.1. The lowest BCUT2D eigenvalue weighted by Crippen LogP contribution is -2.27. The summed E-state index contributed by atoms with van der Waals surface area (Å²) in [5, 5.41) is 2.63. The quantitative estimate of drug-likeness (QED) is 0.308. The van der Waals surface area contributed by atoms with E-state index in [0.717, 1.165) is 5.69 Å². The second-order valence-electron chi connectivity index (χ2n) is 8.18. The van der Waals surface area contributed by atoms with Gasteiger partial charge in [0.05, 0.1) is 17.7 Å². The molecule has 3 aromatic rings. The third kappa shape index (κ3) is 6.28. The summed E-state index contributed by atoms with van der Waals surface area (Å²) in [6.45, 7) is -0.266. The highest BCUT2D eigenvalue weighted by molar-refractivity contribution is 8.27. The van der Waals surface area contributed by atoms with Gasteiger partial charge in [-0.1, -0.05) is 30.0 Å². The minimum Gasteiger partial charge on any atom is -0.493 e. The monoisotopic (exact) mass is 537 g/mol. The van der Waals surface area contributed by atoms with E-state index in [2.05, 4.69) is 5.32 Å². The molecule has 1 aliphatic rings. The molecule has 190 valence electrons. The smallest absolute Gasteiger partial charge is 0.270 e. The van der Waals surface area contributed by atoms with Gasteiger partial charge >= 0.3 is 0 Å². The fourth-order valence-electron chi connectivity index (χ4n) is 3.51. The Balaban J connectivity index is 1.44. The molecule has 1 aliphatic heterocycles. The molecular formula is C27H24FN3O4S2. The highest BCUT2D eigenvalue weighted by Gasteiger charge is 2.33. The molecule has 2 amide bonds. The van der Waals surface area contributed by atoms with Gasteiger partial charge in [-0.2, -0.15) is 0 Å². The molecule has 1 N–H and O–H groups in total. The van der Waals surface area contributed by atoms with Crippen LogP contribution in [0, 0.1) is 5.82 Å². The molecule has 10 heteroatoms. The molecule has 0 bridgehead atoms. The summed E-state index contributed by atoms with van der Waals surface area (Å²) >= 11 is 6.70. The van der Waals surface area contributed by atoms with Crippen LogP contribution in [0.15, 0.2) is 71.6 Å². The summed E-state index contributed by atoms with van der Waals surface area (Å²) in [5.41, 5.74) is 2.90. The largest absolute Gasteiger partial charge is 0.493 e. The number of hydrogen-bond acceptors (Lipinski definition) is 7. The van der Waals surface area contributed by atoms with Crippen molar-refractivity contribution in [2.75, 3.05) is 42.9 Å². The fraction of sp³-hybridized carbons (Fsp3) is 0.148. The summed E-state index contributed by atoms with van der Waals surface area (Å²) in [6, 6.07) is 18.2. The summed E-state index contributed by atoms with van der Waals surface area (Å²) in [7, 11) is 5.39. The number of methoxy groups -OCH3 is 1. The van der Waals surface area contributed by atoms with Gasteiger partial charge in [-0.25, -0.2) is 4.39 Å². The van der Waals surface area contributed by atoms with Crippen LogP contribution in [0.3, 0.4) is 0 Å². The van der Waals surface area contributed by atoms with Gasteiger partial charge in [-0.15, -0.1) is 0 Å². The van der Waals surface area contributed by atoms with Crippen molar-refractivity contribution in [3.05, 3.63) is 83.0 Å². The maximum absolute atomic E-state index is 13.1. The number of thioether (sulfide) groups is 1. The molecule has 37 heavy (non-hydrogen) atoms. The van der Waals surface area contributed by atoms with Crippen LogP contribution in [0.4, 0.5) is 21.5 Å². The van der Waals surface area contributed by atoms with E-state index in [1.807, 2.05) is 43.3 Å². The Labute approximate surface area is 223 Å². The Bertz CT molecular complexity index is 1360. The number of thiocarbonyl (C=S) groups is 1. The van der Waals surface area contributed by atoms with Gasteiger partial charge in [0.15, 0.2) is 22.4 Å². The van der Waals surface area contributed by atoms with E-state index in [9.17, 15) is 14.0 Å². The lowest BCUT2D eigenvalue weighted by molar-refractivity contribution is -0.118. The third-order valence-corrected chi connectivity index (χ3v) is 6.69. The zero-order chi connectivity index (χ0) is 26.5. The normalized spacial score (nSPS) is 14.2. The summed E-state index contributed by atoms with van der Waals surface area (Å²) in [6.07, 6.45) is 1.74. The molecule has 1 saturated heterocycles. The zero-order valence-electron chi connectivity index (χ0n) is 20.4. The topological polar surface area (TPSA) is 71.1 Å². The standard InChI is InChI=1S/C27H24FN3O4S2/c1-30(2)20-9-11-21(12-10-20)31-26(33)24(37-27(31)36)15-17-4-13-22(23(14-17)34-3)35-16-25(32)29-19-7-5-18(28)6-8-19/h4-15H,16H2,1-3H3,(H,29,32)/b24-15-. The average molecular weight is 538 g/mol. The van der Waals surface area contributed by atoms with Crippen LogP contribution in [0.2, 0.25) is 0 Å². The second-order valence-corrected chi connectivity index (χ2v) is 9.86. The van der Waals surface area contributed by atoms with Crippen molar-refractivity contribution in [1.82, 2.24) is 0 Å². The molecule has 0 aromatic heterocycles. The van der Waals surface area contributed by atoms with Gasteiger partial charge in [-0.3, -0.25) is 14.5 Å². The Morgan fingerprint density at radius 2 is 1.78 bits per heavy atom. The van der Waals surface area contributed by atoms with E-state index in [-0.39, 0.29) is 18.3 Å². The first-order valence-electron chi connectivity index (χ1n) is 11.2. The third-order valence-electron chi connectivity index (χ3n) is 5.39. The van der Waals surface area contributed by atoms with Crippen LogP contribution in [0.1, 0.15) is 5.56 Å². The van der Waals surface area contributed by atoms with Gasteiger partial charge in [-0.05, 0) is 72.3 Å². The molecule has 7 nitrogen and oxygen atoms in total. The van der Waals surface area contributed by atoms with Crippen molar-refractivity contribution >= 4 is 63.3 Å². The number of anilines is 3. The van der Waals surface area contributed by atoms with Crippen LogP contribution >= 0.6 is 24.0 Å². The van der Waals surface area contributed by atoms with Crippen molar-refractivity contribution in [2.45, 2.75) is 0 Å². The molecule has 0 unspecified atom stereocenters. The van der Waals surface area contributed by atoms with E-state index in [4.69, 9.17) is 21.7 Å². The molecule has 0 atom stereocenters. The van der Waals surface area contributed by atoms with E-state index in [1.165, 1.54) is 48.0 Å². The summed E-state index contributed by atoms with van der Waals surface area (Å²) < 4.78 is 24.5. The summed E-state index contributed by atoms with van der Waals surface area (Å²) in [5.74, 6) is -0.232. The molecule has 0 radical (unpaired) electrons. The molecule has 0 aliphatic carbocycles.